The Morgan fingerprint density at radius 3 is 2.50 bits per heavy atom. The van der Waals surface area contributed by atoms with Gasteiger partial charge in [0.15, 0.2) is 29.3 Å². The molecule has 1 fully saturated rings. The molecule has 0 bridgehead atoms. The van der Waals surface area contributed by atoms with Crippen molar-refractivity contribution in [3.63, 3.8) is 0 Å². The summed E-state index contributed by atoms with van der Waals surface area (Å²) in [4.78, 5) is 51.0. The van der Waals surface area contributed by atoms with Gasteiger partial charge in [-0.15, -0.1) is 4.57 Å². The average Bonchev–Trinajstić information content (AvgIpc) is 2.96. The van der Waals surface area contributed by atoms with Gasteiger partial charge < -0.3 is 9.80 Å². The number of aldehydes is 1. The lowest BCUT2D eigenvalue weighted by molar-refractivity contribution is -0.680. The van der Waals surface area contributed by atoms with Crippen LogP contribution in [-0.4, -0.2) is 56.8 Å². The zero-order valence-corrected chi connectivity index (χ0v) is 23.6. The third-order valence-electron chi connectivity index (χ3n) is 8.27. The topological polar surface area (TPSA) is 92.3 Å². The molecule has 1 saturated heterocycles. The molecule has 5 heterocycles. The minimum absolute atomic E-state index is 0.0272. The molecule has 0 radical (unpaired) electrons. The van der Waals surface area contributed by atoms with Gasteiger partial charge in [0.25, 0.3) is 0 Å². The maximum atomic E-state index is 16.5. The third-order valence-corrected chi connectivity index (χ3v) is 8.27. The summed E-state index contributed by atoms with van der Waals surface area (Å²) in [6.07, 6.45) is 3.35. The zero-order valence-electron chi connectivity index (χ0n) is 23.6. The van der Waals surface area contributed by atoms with Crippen LogP contribution in [-0.2, 0) is 4.79 Å². The summed E-state index contributed by atoms with van der Waals surface area (Å²) in [5.74, 6) is -1.50. The van der Waals surface area contributed by atoms with E-state index in [2.05, 4.69) is 16.5 Å². The maximum Gasteiger partial charge on any atom is 0.442 e. The van der Waals surface area contributed by atoms with E-state index in [1.807, 2.05) is 25.7 Å². The number of pyridine rings is 2. The number of hydrogen-bond acceptors (Lipinski definition) is 6. The van der Waals surface area contributed by atoms with Crippen LogP contribution >= 0.6 is 0 Å². The highest BCUT2D eigenvalue weighted by Crippen LogP contribution is 2.38. The summed E-state index contributed by atoms with van der Waals surface area (Å²) in [6.45, 7) is 11.7. The lowest BCUT2D eigenvalue weighted by Gasteiger charge is -2.45. The molecule has 0 N–H and O–H groups in total. The molecule has 11 heteroatoms. The lowest BCUT2D eigenvalue weighted by atomic mass is 9.98. The zero-order chi connectivity index (χ0) is 30.0. The van der Waals surface area contributed by atoms with Crippen LogP contribution in [0, 0.1) is 18.6 Å². The Kier molecular flexibility index (Phi) is 6.47. The number of aromatic nitrogens is 4. The third kappa shape index (κ3) is 3.87. The van der Waals surface area contributed by atoms with Crippen LogP contribution in [0.3, 0.4) is 0 Å². The van der Waals surface area contributed by atoms with E-state index in [0.29, 0.717) is 41.8 Å². The molecule has 1 amide bonds. The van der Waals surface area contributed by atoms with Gasteiger partial charge in [-0.05, 0) is 52.0 Å². The molecule has 1 aromatic carbocycles. The van der Waals surface area contributed by atoms with E-state index in [1.165, 1.54) is 34.9 Å². The summed E-state index contributed by atoms with van der Waals surface area (Å²) in [7, 11) is 0. The number of benzene rings is 1. The Morgan fingerprint density at radius 1 is 1.12 bits per heavy atom. The van der Waals surface area contributed by atoms with Crippen LogP contribution in [0.1, 0.15) is 48.4 Å². The largest absolute Gasteiger partial charge is 0.442 e. The van der Waals surface area contributed by atoms with Gasteiger partial charge in [0.1, 0.15) is 22.9 Å². The molecule has 9 nitrogen and oxygen atoms in total. The number of nitrogens with zero attached hydrogens (tertiary/aromatic N) is 6. The lowest BCUT2D eigenvalue weighted by Crippen LogP contribution is -2.59. The number of aryl methyl sites for hydroxylation is 1. The molecule has 3 aromatic heterocycles. The van der Waals surface area contributed by atoms with Crippen molar-refractivity contribution in [2.24, 2.45) is 0 Å². The van der Waals surface area contributed by atoms with Crippen LogP contribution in [0.15, 0.2) is 54.0 Å². The minimum Gasteiger partial charge on any atom is -0.347 e. The normalized spacial score (nSPS) is 19.5. The number of halogens is 2. The standard InChI is InChI=1S/C31H29F2N6O3/c1-6-24(41)36-13-17(3)37(18(4)14-36)29-21-12-23(33)28(25-20(15-40)8-7-9-22(25)32)38-19(5)26-27(16(2)10-11-34-26)39(30(21)38)31(42)35-29/h6-12,15,17-19H,1,13-14H2,2-5H3/q+1/t17-,18-,19?/m0/s1. The molecular formula is C31H29F2N6O3+. The number of rotatable bonds is 4. The van der Waals surface area contributed by atoms with E-state index in [0.717, 1.165) is 5.56 Å². The van der Waals surface area contributed by atoms with E-state index in [-0.39, 0.29) is 40.6 Å². The van der Waals surface area contributed by atoms with Crippen LogP contribution in [0.5, 0.6) is 0 Å². The number of carbonyl (C=O) groups is 2. The van der Waals surface area contributed by atoms with Gasteiger partial charge in [-0.1, -0.05) is 18.7 Å². The van der Waals surface area contributed by atoms with E-state index in [4.69, 9.17) is 0 Å². The molecular weight excluding hydrogens is 542 g/mol. The van der Waals surface area contributed by atoms with Gasteiger partial charge in [0.05, 0.1) is 5.56 Å². The quantitative estimate of drug-likeness (QED) is 0.211. The summed E-state index contributed by atoms with van der Waals surface area (Å²) < 4.78 is 34.8. The van der Waals surface area contributed by atoms with Gasteiger partial charge in [0, 0.05) is 42.5 Å². The highest BCUT2D eigenvalue weighted by atomic mass is 19.1. The number of hydrogen-bond donors (Lipinski definition) is 0. The van der Waals surface area contributed by atoms with Gasteiger partial charge >= 0.3 is 11.3 Å². The molecule has 214 valence electrons. The van der Waals surface area contributed by atoms with E-state index in [9.17, 15) is 14.4 Å². The SMILES string of the molecule is C=CC(=O)N1C[C@H](C)N(c2nc(=O)n3c4c2cc(F)c(-c2c(F)cccc2C=O)[n+]4C(C)c2nccc(C)c2-3)[C@@H](C)C1. The van der Waals surface area contributed by atoms with Gasteiger partial charge in [-0.3, -0.25) is 14.6 Å². The molecule has 0 aliphatic carbocycles. The number of piperazine rings is 1. The predicted molar refractivity (Wildman–Crippen MR) is 153 cm³/mol. The Balaban J connectivity index is 1.73. The summed E-state index contributed by atoms with van der Waals surface area (Å²) >= 11 is 0. The van der Waals surface area contributed by atoms with Gasteiger partial charge in [0.2, 0.25) is 5.91 Å². The number of anilines is 1. The van der Waals surface area contributed by atoms with Crippen LogP contribution in [0.25, 0.3) is 28.0 Å². The van der Waals surface area contributed by atoms with E-state index < -0.39 is 23.4 Å². The first-order valence-electron chi connectivity index (χ1n) is 13.7. The van der Waals surface area contributed by atoms with Crippen molar-refractivity contribution < 1.29 is 22.9 Å². The Labute approximate surface area is 240 Å². The monoisotopic (exact) mass is 571 g/mol. The Hall–Kier alpha value is -4.80. The second-order valence-electron chi connectivity index (χ2n) is 10.9. The average molecular weight is 572 g/mol. The fourth-order valence-corrected chi connectivity index (χ4v) is 6.54. The first-order valence-corrected chi connectivity index (χ1v) is 13.7. The van der Waals surface area contributed by atoms with Crippen molar-refractivity contribution in [1.82, 2.24) is 19.4 Å². The fourth-order valence-electron chi connectivity index (χ4n) is 6.54. The number of amides is 1. The van der Waals surface area contributed by atoms with Crippen molar-refractivity contribution in [2.75, 3.05) is 18.0 Å². The first-order chi connectivity index (χ1) is 20.1. The molecule has 2 aliphatic heterocycles. The van der Waals surface area contributed by atoms with E-state index in [1.54, 1.807) is 28.7 Å². The van der Waals surface area contributed by atoms with Crippen molar-refractivity contribution in [2.45, 2.75) is 45.8 Å². The second-order valence-corrected chi connectivity index (χ2v) is 10.9. The second kappa shape index (κ2) is 9.93. The molecule has 1 unspecified atom stereocenters. The van der Waals surface area contributed by atoms with Crippen molar-refractivity contribution in [3.05, 3.63) is 88.1 Å². The molecule has 42 heavy (non-hydrogen) atoms. The molecule has 2 aliphatic rings. The van der Waals surface area contributed by atoms with Gasteiger partial charge in [-0.2, -0.15) is 4.98 Å². The molecule has 4 aromatic rings. The van der Waals surface area contributed by atoms with Crippen LogP contribution in [0.4, 0.5) is 14.6 Å². The summed E-state index contributed by atoms with van der Waals surface area (Å²) in [5, 5.41) is 0.336. The maximum absolute atomic E-state index is 16.5. The summed E-state index contributed by atoms with van der Waals surface area (Å²) in [5.41, 5.74) is 1.08. The smallest absolute Gasteiger partial charge is 0.347 e. The Bertz CT molecular complexity index is 1880. The fraction of sp³-hybridized carbons (Fsp3) is 0.290. The molecule has 3 atom stereocenters. The van der Waals surface area contributed by atoms with Crippen molar-refractivity contribution in [3.8, 4) is 16.9 Å². The van der Waals surface area contributed by atoms with E-state index >= 15 is 8.78 Å². The van der Waals surface area contributed by atoms with Gasteiger partial charge in [-0.25, -0.2) is 18.1 Å². The predicted octanol–water partition coefficient (Wildman–Crippen LogP) is 3.67. The molecule has 0 spiro atoms. The highest BCUT2D eigenvalue weighted by molar-refractivity contribution is 5.91. The number of fused-ring (bicyclic) bond motifs is 2. The van der Waals surface area contributed by atoms with Crippen LogP contribution in [0.2, 0.25) is 0 Å². The Morgan fingerprint density at radius 2 is 1.83 bits per heavy atom. The number of carbonyl (C=O) groups excluding carboxylic acids is 2. The molecule has 0 saturated carbocycles. The molecule has 6 rings (SSSR count). The minimum atomic E-state index is -0.785. The van der Waals surface area contributed by atoms with Crippen molar-refractivity contribution in [1.29, 1.82) is 0 Å². The highest BCUT2D eigenvalue weighted by Gasteiger charge is 2.42. The van der Waals surface area contributed by atoms with Crippen molar-refractivity contribution >= 4 is 29.0 Å². The van der Waals surface area contributed by atoms with Crippen LogP contribution < -0.4 is 15.2 Å². The summed E-state index contributed by atoms with van der Waals surface area (Å²) in [6, 6.07) is 5.82. The first kappa shape index (κ1) is 27.4.